The number of esters is 1. The SMILES string of the molecule is NS(=O)(=O)c1ccc(CNC(=O)COC(=O)c2c(F)cccc2F)cc1. The number of hydrogen-bond donors (Lipinski definition) is 2. The van der Waals surface area contributed by atoms with Gasteiger partial charge in [0.15, 0.2) is 6.61 Å². The molecule has 7 nitrogen and oxygen atoms in total. The summed E-state index contributed by atoms with van der Waals surface area (Å²) in [5, 5.41) is 7.38. The molecule has 2 rings (SSSR count). The van der Waals surface area contributed by atoms with E-state index in [1.54, 1.807) is 0 Å². The molecule has 0 saturated carbocycles. The number of hydrogen-bond acceptors (Lipinski definition) is 5. The fourth-order valence-electron chi connectivity index (χ4n) is 1.94. The molecule has 0 fully saturated rings. The molecular weight excluding hydrogens is 370 g/mol. The zero-order valence-corrected chi connectivity index (χ0v) is 14.1. The Morgan fingerprint density at radius 3 is 2.15 bits per heavy atom. The number of halogens is 2. The molecule has 2 aromatic carbocycles. The number of nitrogens with one attached hydrogen (secondary N) is 1. The van der Waals surface area contributed by atoms with Gasteiger partial charge in [-0.2, -0.15) is 0 Å². The summed E-state index contributed by atoms with van der Waals surface area (Å²) in [5.41, 5.74) is -0.309. The van der Waals surface area contributed by atoms with Crippen molar-refractivity contribution in [1.29, 1.82) is 0 Å². The average molecular weight is 384 g/mol. The van der Waals surface area contributed by atoms with Crippen LogP contribution in [-0.2, 0) is 26.1 Å². The number of carbonyl (C=O) groups excluding carboxylic acids is 2. The summed E-state index contributed by atoms with van der Waals surface area (Å²) >= 11 is 0. The molecule has 3 N–H and O–H groups in total. The molecule has 0 spiro atoms. The maximum Gasteiger partial charge on any atom is 0.344 e. The van der Waals surface area contributed by atoms with Crippen molar-refractivity contribution in [3.8, 4) is 0 Å². The van der Waals surface area contributed by atoms with Crippen LogP contribution >= 0.6 is 0 Å². The fraction of sp³-hybridized carbons (Fsp3) is 0.125. The predicted molar refractivity (Wildman–Crippen MR) is 86.3 cm³/mol. The third kappa shape index (κ3) is 5.07. The Labute approximate surface area is 147 Å². The average Bonchev–Trinajstić information content (AvgIpc) is 2.57. The number of sulfonamides is 1. The van der Waals surface area contributed by atoms with E-state index < -0.39 is 45.7 Å². The molecule has 0 heterocycles. The van der Waals surface area contributed by atoms with Crippen molar-refractivity contribution in [2.24, 2.45) is 5.14 Å². The standard InChI is InChI=1S/C16H14F2N2O5S/c17-12-2-1-3-13(18)15(12)16(22)25-9-14(21)20-8-10-4-6-11(7-5-10)26(19,23)24/h1-7H,8-9H2,(H,20,21)(H2,19,23,24). The van der Waals surface area contributed by atoms with Crippen LogP contribution < -0.4 is 10.5 Å². The van der Waals surface area contributed by atoms with Gasteiger partial charge in [0.25, 0.3) is 5.91 Å². The lowest BCUT2D eigenvalue weighted by atomic mass is 10.2. The number of benzene rings is 2. The number of amides is 1. The molecule has 0 aliphatic carbocycles. The van der Waals surface area contributed by atoms with Gasteiger partial charge in [-0.3, -0.25) is 4.79 Å². The summed E-state index contributed by atoms with van der Waals surface area (Å²) in [5.74, 6) is -4.19. The molecular formula is C16H14F2N2O5S. The molecule has 0 aromatic heterocycles. The second-order valence-electron chi connectivity index (χ2n) is 5.14. The summed E-state index contributed by atoms with van der Waals surface area (Å²) in [6.07, 6.45) is 0. The van der Waals surface area contributed by atoms with Crippen molar-refractivity contribution in [3.05, 3.63) is 65.2 Å². The zero-order valence-electron chi connectivity index (χ0n) is 13.2. The van der Waals surface area contributed by atoms with Crippen LogP contribution in [0.4, 0.5) is 8.78 Å². The van der Waals surface area contributed by atoms with Gasteiger partial charge in [0, 0.05) is 6.54 Å². The number of primary sulfonamides is 1. The Balaban J connectivity index is 1.87. The second-order valence-corrected chi connectivity index (χ2v) is 6.70. The van der Waals surface area contributed by atoms with Gasteiger partial charge in [0.05, 0.1) is 4.90 Å². The molecule has 138 valence electrons. The Kier molecular flexibility index (Phi) is 6.01. The number of ether oxygens (including phenoxy) is 1. The van der Waals surface area contributed by atoms with Gasteiger partial charge < -0.3 is 10.1 Å². The first-order valence-electron chi connectivity index (χ1n) is 7.18. The minimum absolute atomic E-state index is 0.0232. The normalized spacial score (nSPS) is 11.0. The Hall–Kier alpha value is -2.85. The lowest BCUT2D eigenvalue weighted by molar-refractivity contribution is -0.124. The van der Waals surface area contributed by atoms with Crippen molar-refractivity contribution in [1.82, 2.24) is 5.32 Å². The zero-order chi connectivity index (χ0) is 19.3. The summed E-state index contributed by atoms with van der Waals surface area (Å²) in [4.78, 5) is 23.2. The summed E-state index contributed by atoms with van der Waals surface area (Å²) in [6.45, 7) is -0.711. The highest BCUT2D eigenvalue weighted by molar-refractivity contribution is 7.89. The largest absolute Gasteiger partial charge is 0.452 e. The van der Waals surface area contributed by atoms with Gasteiger partial charge in [-0.15, -0.1) is 0 Å². The maximum atomic E-state index is 13.4. The van der Waals surface area contributed by atoms with E-state index >= 15 is 0 Å². The van der Waals surface area contributed by atoms with E-state index in [0.717, 1.165) is 18.2 Å². The van der Waals surface area contributed by atoms with Gasteiger partial charge in [0.2, 0.25) is 10.0 Å². The van der Waals surface area contributed by atoms with Crippen LogP contribution in [0.2, 0.25) is 0 Å². The Morgan fingerprint density at radius 1 is 1.04 bits per heavy atom. The minimum atomic E-state index is -3.81. The minimum Gasteiger partial charge on any atom is -0.452 e. The van der Waals surface area contributed by atoms with E-state index in [9.17, 15) is 26.8 Å². The van der Waals surface area contributed by atoms with E-state index in [0.29, 0.717) is 5.56 Å². The predicted octanol–water partition coefficient (Wildman–Crippen LogP) is 1.09. The van der Waals surface area contributed by atoms with Crippen molar-refractivity contribution in [2.45, 2.75) is 11.4 Å². The molecule has 0 aliphatic rings. The molecule has 26 heavy (non-hydrogen) atoms. The first-order valence-corrected chi connectivity index (χ1v) is 8.72. The molecule has 2 aromatic rings. The van der Waals surface area contributed by atoms with E-state index in [2.05, 4.69) is 10.1 Å². The van der Waals surface area contributed by atoms with Gasteiger partial charge in [-0.05, 0) is 29.8 Å². The van der Waals surface area contributed by atoms with Crippen molar-refractivity contribution >= 4 is 21.9 Å². The first-order chi connectivity index (χ1) is 12.2. The van der Waals surface area contributed by atoms with Crippen LogP contribution in [0, 0.1) is 11.6 Å². The lowest BCUT2D eigenvalue weighted by Gasteiger charge is -2.08. The fourth-order valence-corrected chi connectivity index (χ4v) is 2.46. The highest BCUT2D eigenvalue weighted by Gasteiger charge is 2.19. The van der Waals surface area contributed by atoms with Crippen LogP contribution in [0.5, 0.6) is 0 Å². The first kappa shape index (κ1) is 19.5. The third-order valence-corrected chi connectivity index (χ3v) is 4.17. The molecule has 0 aliphatic heterocycles. The molecule has 0 saturated heterocycles. The van der Waals surface area contributed by atoms with Crippen molar-refractivity contribution < 1.29 is 31.5 Å². The van der Waals surface area contributed by atoms with Crippen molar-refractivity contribution in [2.75, 3.05) is 6.61 Å². The quantitative estimate of drug-likeness (QED) is 0.724. The number of nitrogens with two attached hydrogens (primary N) is 1. The number of rotatable bonds is 6. The summed E-state index contributed by atoms with van der Waals surface area (Å²) < 4.78 is 53.7. The number of carbonyl (C=O) groups is 2. The Bertz CT molecular complexity index is 910. The monoisotopic (exact) mass is 384 g/mol. The summed E-state index contributed by atoms with van der Waals surface area (Å²) in [6, 6.07) is 8.32. The molecule has 0 unspecified atom stereocenters. The van der Waals surface area contributed by atoms with Gasteiger partial charge in [0.1, 0.15) is 17.2 Å². The Morgan fingerprint density at radius 2 is 1.62 bits per heavy atom. The smallest absolute Gasteiger partial charge is 0.344 e. The topological polar surface area (TPSA) is 116 Å². The highest BCUT2D eigenvalue weighted by Crippen LogP contribution is 2.13. The van der Waals surface area contributed by atoms with Crippen molar-refractivity contribution in [3.63, 3.8) is 0 Å². The van der Waals surface area contributed by atoms with Gasteiger partial charge in [-0.25, -0.2) is 27.1 Å². The highest BCUT2D eigenvalue weighted by atomic mass is 32.2. The van der Waals surface area contributed by atoms with E-state index in [1.165, 1.54) is 24.3 Å². The van der Waals surface area contributed by atoms with Crippen LogP contribution in [0.1, 0.15) is 15.9 Å². The van der Waals surface area contributed by atoms with Gasteiger partial charge in [-0.1, -0.05) is 18.2 Å². The molecule has 0 bridgehead atoms. The van der Waals surface area contributed by atoms with Gasteiger partial charge >= 0.3 is 5.97 Å². The van der Waals surface area contributed by atoms with Crippen LogP contribution in [0.15, 0.2) is 47.4 Å². The third-order valence-electron chi connectivity index (χ3n) is 3.24. The second kappa shape index (κ2) is 8.02. The molecule has 1 amide bonds. The van der Waals surface area contributed by atoms with Crippen LogP contribution in [0.25, 0.3) is 0 Å². The maximum absolute atomic E-state index is 13.4. The molecule has 0 radical (unpaired) electrons. The van der Waals surface area contributed by atoms with Crippen LogP contribution in [0.3, 0.4) is 0 Å². The van der Waals surface area contributed by atoms with Crippen LogP contribution in [-0.4, -0.2) is 26.9 Å². The van der Waals surface area contributed by atoms with E-state index in [4.69, 9.17) is 5.14 Å². The van der Waals surface area contributed by atoms with E-state index in [-0.39, 0.29) is 11.4 Å². The summed E-state index contributed by atoms with van der Waals surface area (Å²) in [7, 11) is -3.81. The van der Waals surface area contributed by atoms with E-state index in [1.807, 2.05) is 0 Å². The molecule has 0 atom stereocenters. The molecule has 10 heteroatoms. The lowest BCUT2D eigenvalue weighted by Crippen LogP contribution is -2.28.